The highest BCUT2D eigenvalue weighted by molar-refractivity contribution is 9.10. The molecule has 1 heterocycles. The first-order valence-corrected chi connectivity index (χ1v) is 8.31. The van der Waals surface area contributed by atoms with Crippen LogP contribution in [0.5, 0.6) is 0 Å². The molecule has 2 rings (SSSR count). The summed E-state index contributed by atoms with van der Waals surface area (Å²) in [5.74, 6) is 0. The lowest BCUT2D eigenvalue weighted by Crippen LogP contribution is -2.45. The maximum Gasteiger partial charge on any atom is 0.0423 e. The Hall–Kier alpha value is -0.580. The van der Waals surface area contributed by atoms with Gasteiger partial charge >= 0.3 is 0 Å². The fourth-order valence-electron chi connectivity index (χ4n) is 2.84. The minimum absolute atomic E-state index is 0.662. The molecule has 20 heavy (non-hydrogen) atoms. The van der Waals surface area contributed by atoms with Gasteiger partial charge in [-0.1, -0.05) is 28.9 Å². The summed E-state index contributed by atoms with van der Waals surface area (Å²) in [4.78, 5) is 4.90. The predicted octanol–water partition coefficient (Wildman–Crippen LogP) is 3.09. The van der Waals surface area contributed by atoms with Crippen LogP contribution in [0.25, 0.3) is 0 Å². The van der Waals surface area contributed by atoms with Crippen molar-refractivity contribution in [2.24, 2.45) is 0 Å². The number of rotatable bonds is 5. The average molecular weight is 340 g/mol. The van der Waals surface area contributed by atoms with Crippen LogP contribution in [0, 0.1) is 0 Å². The van der Waals surface area contributed by atoms with Crippen LogP contribution in [0.2, 0.25) is 0 Å². The summed E-state index contributed by atoms with van der Waals surface area (Å²) in [5.41, 5.74) is 2.78. The topological polar surface area (TPSA) is 18.5 Å². The molecule has 1 unspecified atom stereocenters. The largest absolute Gasteiger partial charge is 0.370 e. The van der Waals surface area contributed by atoms with Gasteiger partial charge in [-0.25, -0.2) is 0 Å². The molecule has 1 aliphatic heterocycles. The molecule has 0 radical (unpaired) electrons. The van der Waals surface area contributed by atoms with E-state index in [4.69, 9.17) is 0 Å². The van der Waals surface area contributed by atoms with Crippen molar-refractivity contribution in [3.63, 3.8) is 0 Å². The molecule has 0 bridgehead atoms. The molecule has 0 saturated carbocycles. The molecule has 1 saturated heterocycles. The second-order valence-corrected chi connectivity index (χ2v) is 6.67. The maximum absolute atomic E-state index is 3.62. The van der Waals surface area contributed by atoms with Gasteiger partial charge in [0.05, 0.1) is 0 Å². The molecule has 0 spiro atoms. The Morgan fingerprint density at radius 3 is 2.90 bits per heavy atom. The van der Waals surface area contributed by atoms with Gasteiger partial charge in [0.15, 0.2) is 0 Å². The number of anilines is 1. The summed E-state index contributed by atoms with van der Waals surface area (Å²) in [5, 5.41) is 3.45. The molecule has 1 atom stereocenters. The van der Waals surface area contributed by atoms with Crippen LogP contribution in [0.15, 0.2) is 22.7 Å². The van der Waals surface area contributed by atoms with E-state index >= 15 is 0 Å². The SMILES string of the molecule is CCNCc1ccc(Br)cc1N1CCCC(N(C)C)C1. The molecule has 4 heteroatoms. The number of piperidine rings is 1. The van der Waals surface area contributed by atoms with Crippen LogP contribution in [0.3, 0.4) is 0 Å². The van der Waals surface area contributed by atoms with E-state index in [0.29, 0.717) is 6.04 Å². The van der Waals surface area contributed by atoms with Crippen molar-refractivity contribution in [2.45, 2.75) is 32.4 Å². The molecule has 1 N–H and O–H groups in total. The lowest BCUT2D eigenvalue weighted by atomic mass is 10.0. The Morgan fingerprint density at radius 1 is 1.40 bits per heavy atom. The molecule has 3 nitrogen and oxygen atoms in total. The van der Waals surface area contributed by atoms with Crippen molar-refractivity contribution in [1.82, 2.24) is 10.2 Å². The van der Waals surface area contributed by atoms with Crippen LogP contribution in [-0.2, 0) is 6.54 Å². The molecule has 1 aromatic carbocycles. The first-order chi connectivity index (χ1) is 9.61. The minimum Gasteiger partial charge on any atom is -0.370 e. The summed E-state index contributed by atoms with van der Waals surface area (Å²) in [7, 11) is 4.38. The molecular formula is C16H26BrN3. The highest BCUT2D eigenvalue weighted by Gasteiger charge is 2.23. The van der Waals surface area contributed by atoms with E-state index in [2.05, 4.69) is 70.3 Å². The monoisotopic (exact) mass is 339 g/mol. The van der Waals surface area contributed by atoms with Gasteiger partial charge in [-0.3, -0.25) is 0 Å². The fraction of sp³-hybridized carbons (Fsp3) is 0.625. The third kappa shape index (κ3) is 3.96. The van der Waals surface area contributed by atoms with Gasteiger partial charge in [0.25, 0.3) is 0 Å². The lowest BCUT2D eigenvalue weighted by molar-refractivity contribution is 0.258. The van der Waals surface area contributed by atoms with Gasteiger partial charge < -0.3 is 15.1 Å². The standard InChI is InChI=1S/C16H26BrN3/c1-4-18-11-13-7-8-14(17)10-16(13)20-9-5-6-15(12-20)19(2)3/h7-8,10,15,18H,4-6,9,11-12H2,1-3H3. The normalized spacial score (nSPS) is 19.6. The fourth-order valence-corrected chi connectivity index (χ4v) is 3.18. The van der Waals surface area contributed by atoms with Gasteiger partial charge in [0.2, 0.25) is 0 Å². The van der Waals surface area contributed by atoms with Crippen LogP contribution in [0.4, 0.5) is 5.69 Å². The summed E-state index contributed by atoms with van der Waals surface area (Å²) in [6.07, 6.45) is 2.58. The highest BCUT2D eigenvalue weighted by atomic mass is 79.9. The first-order valence-electron chi connectivity index (χ1n) is 7.52. The predicted molar refractivity (Wildman–Crippen MR) is 90.4 cm³/mol. The van der Waals surface area contributed by atoms with Crippen molar-refractivity contribution >= 4 is 21.6 Å². The van der Waals surface area contributed by atoms with Crippen molar-refractivity contribution in [2.75, 3.05) is 38.6 Å². The molecule has 1 fully saturated rings. The first kappa shape index (κ1) is 15.8. The number of nitrogens with one attached hydrogen (secondary N) is 1. The zero-order valence-electron chi connectivity index (χ0n) is 12.8. The van der Waals surface area contributed by atoms with Crippen molar-refractivity contribution in [3.05, 3.63) is 28.2 Å². The van der Waals surface area contributed by atoms with Crippen LogP contribution >= 0.6 is 15.9 Å². The summed E-state index contributed by atoms with van der Waals surface area (Å²) < 4.78 is 1.17. The van der Waals surface area contributed by atoms with Crippen molar-refractivity contribution < 1.29 is 0 Å². The van der Waals surface area contributed by atoms with Crippen molar-refractivity contribution in [3.8, 4) is 0 Å². The van der Waals surface area contributed by atoms with Gasteiger partial charge in [0, 0.05) is 35.8 Å². The minimum atomic E-state index is 0.662. The second kappa shape index (κ2) is 7.43. The van der Waals surface area contributed by atoms with E-state index in [9.17, 15) is 0 Å². The van der Waals surface area contributed by atoms with Crippen LogP contribution in [0.1, 0.15) is 25.3 Å². The van der Waals surface area contributed by atoms with E-state index in [1.165, 1.54) is 35.1 Å². The molecule has 1 aromatic rings. The smallest absolute Gasteiger partial charge is 0.0423 e. The Balaban J connectivity index is 2.19. The lowest BCUT2D eigenvalue weighted by Gasteiger charge is -2.38. The van der Waals surface area contributed by atoms with Gasteiger partial charge in [-0.05, 0) is 51.2 Å². The highest BCUT2D eigenvalue weighted by Crippen LogP contribution is 2.28. The number of hydrogen-bond donors (Lipinski definition) is 1. The van der Waals surface area contributed by atoms with E-state index in [0.717, 1.165) is 19.6 Å². The maximum atomic E-state index is 3.62. The Bertz CT molecular complexity index is 434. The van der Waals surface area contributed by atoms with Crippen molar-refractivity contribution in [1.29, 1.82) is 0 Å². The van der Waals surface area contributed by atoms with Crippen LogP contribution in [-0.4, -0.2) is 44.7 Å². The number of halogens is 1. The molecule has 1 aliphatic rings. The third-order valence-electron chi connectivity index (χ3n) is 4.08. The van der Waals surface area contributed by atoms with Gasteiger partial charge in [-0.2, -0.15) is 0 Å². The Labute approximate surface area is 131 Å². The van der Waals surface area contributed by atoms with Gasteiger partial charge in [-0.15, -0.1) is 0 Å². The van der Waals surface area contributed by atoms with E-state index in [1.54, 1.807) is 0 Å². The summed E-state index contributed by atoms with van der Waals surface area (Å²) >= 11 is 3.62. The average Bonchev–Trinajstić information content (AvgIpc) is 2.46. The number of nitrogens with zero attached hydrogens (tertiary/aromatic N) is 2. The number of likely N-dealkylation sites (N-methyl/N-ethyl adjacent to an activating group) is 1. The second-order valence-electron chi connectivity index (χ2n) is 5.76. The molecule has 0 aromatic heterocycles. The Morgan fingerprint density at radius 2 is 2.20 bits per heavy atom. The molecule has 0 aliphatic carbocycles. The summed E-state index contributed by atoms with van der Waals surface area (Å²) in [6, 6.07) is 7.31. The zero-order chi connectivity index (χ0) is 14.5. The molecule has 0 amide bonds. The summed E-state index contributed by atoms with van der Waals surface area (Å²) in [6.45, 7) is 6.40. The quantitative estimate of drug-likeness (QED) is 0.889. The number of benzene rings is 1. The van der Waals surface area contributed by atoms with Crippen LogP contribution < -0.4 is 10.2 Å². The molecule has 112 valence electrons. The number of hydrogen-bond acceptors (Lipinski definition) is 3. The van der Waals surface area contributed by atoms with E-state index < -0.39 is 0 Å². The Kier molecular flexibility index (Phi) is 5.87. The van der Waals surface area contributed by atoms with E-state index in [1.807, 2.05) is 0 Å². The molecular weight excluding hydrogens is 314 g/mol. The zero-order valence-corrected chi connectivity index (χ0v) is 14.4. The van der Waals surface area contributed by atoms with E-state index in [-0.39, 0.29) is 0 Å². The van der Waals surface area contributed by atoms with Gasteiger partial charge in [0.1, 0.15) is 0 Å². The third-order valence-corrected chi connectivity index (χ3v) is 4.57.